The number of hydrazine groups is 1. The first-order chi connectivity index (χ1) is 9.00. The summed E-state index contributed by atoms with van der Waals surface area (Å²) in [7, 11) is 0. The second kappa shape index (κ2) is 6.06. The highest BCUT2D eigenvalue weighted by Crippen LogP contribution is 2.39. The van der Waals surface area contributed by atoms with Crippen molar-refractivity contribution in [1.29, 1.82) is 0 Å². The lowest BCUT2D eigenvalue weighted by atomic mass is 9.70. The molecule has 1 aliphatic carbocycles. The molecule has 0 bridgehead atoms. The van der Waals surface area contributed by atoms with Crippen molar-refractivity contribution in [1.82, 2.24) is 5.43 Å². The van der Waals surface area contributed by atoms with Gasteiger partial charge in [0.25, 0.3) is 0 Å². The third kappa shape index (κ3) is 4.05. The van der Waals surface area contributed by atoms with E-state index in [0.717, 1.165) is 12.3 Å². The maximum atomic E-state index is 5.80. The zero-order valence-corrected chi connectivity index (χ0v) is 12.6. The van der Waals surface area contributed by atoms with E-state index in [1.54, 1.807) is 0 Å². The predicted molar refractivity (Wildman–Crippen MR) is 81.7 cm³/mol. The van der Waals surface area contributed by atoms with Crippen LogP contribution in [0.1, 0.15) is 50.7 Å². The lowest BCUT2D eigenvalue weighted by Gasteiger charge is -2.37. The molecule has 0 aromatic heterocycles. The number of aryl methyl sites for hydroxylation is 1. The predicted octanol–water partition coefficient (Wildman–Crippen LogP) is 3.59. The van der Waals surface area contributed by atoms with Crippen molar-refractivity contribution in [3.05, 3.63) is 35.4 Å². The largest absolute Gasteiger partial charge is 0.271 e. The van der Waals surface area contributed by atoms with Crippen LogP contribution in [-0.4, -0.2) is 6.04 Å². The minimum Gasteiger partial charge on any atom is -0.271 e. The average molecular weight is 260 g/mol. The zero-order chi connectivity index (χ0) is 13.9. The molecule has 1 aromatic carbocycles. The number of hydrogen-bond donors (Lipinski definition) is 2. The Labute approximate surface area is 117 Å². The van der Waals surface area contributed by atoms with E-state index in [1.165, 1.54) is 36.8 Å². The van der Waals surface area contributed by atoms with Gasteiger partial charge in [0.05, 0.1) is 0 Å². The smallest absolute Gasteiger partial charge is 0.0279 e. The van der Waals surface area contributed by atoms with Crippen molar-refractivity contribution < 1.29 is 0 Å². The molecule has 0 heterocycles. The van der Waals surface area contributed by atoms with Crippen LogP contribution in [0.2, 0.25) is 0 Å². The van der Waals surface area contributed by atoms with Crippen molar-refractivity contribution in [2.45, 2.75) is 58.9 Å². The maximum Gasteiger partial charge on any atom is 0.0279 e. The molecular weight excluding hydrogens is 232 g/mol. The normalized spacial score (nSPS) is 21.3. The average Bonchev–Trinajstić information content (AvgIpc) is 2.39. The molecule has 2 heteroatoms. The second-order valence-corrected chi connectivity index (χ2v) is 6.96. The standard InChI is InChI=1S/C17H28N2/c1-13-4-6-14(7-5-13)12-16(19-18)15-8-10-17(2,3)11-9-15/h4-7,15-16,19H,8-12,18H2,1-3H3. The quantitative estimate of drug-likeness (QED) is 0.641. The zero-order valence-electron chi connectivity index (χ0n) is 12.6. The minimum atomic E-state index is 0.416. The van der Waals surface area contributed by atoms with Gasteiger partial charge in [-0.05, 0) is 55.9 Å². The Morgan fingerprint density at radius 3 is 2.32 bits per heavy atom. The summed E-state index contributed by atoms with van der Waals surface area (Å²) in [5.74, 6) is 6.52. The Kier molecular flexibility index (Phi) is 4.64. The molecule has 0 saturated heterocycles. The highest BCUT2D eigenvalue weighted by Gasteiger charge is 2.30. The summed E-state index contributed by atoms with van der Waals surface area (Å²) >= 11 is 0. The Balaban J connectivity index is 1.95. The summed E-state index contributed by atoms with van der Waals surface area (Å²) in [4.78, 5) is 0. The molecule has 19 heavy (non-hydrogen) atoms. The molecule has 2 rings (SSSR count). The van der Waals surface area contributed by atoms with Crippen molar-refractivity contribution in [3.63, 3.8) is 0 Å². The summed E-state index contributed by atoms with van der Waals surface area (Å²) in [6.45, 7) is 6.90. The van der Waals surface area contributed by atoms with Gasteiger partial charge in [0.15, 0.2) is 0 Å². The topological polar surface area (TPSA) is 38.0 Å². The number of nitrogens with two attached hydrogens (primary N) is 1. The van der Waals surface area contributed by atoms with E-state index in [0.29, 0.717) is 11.5 Å². The van der Waals surface area contributed by atoms with Crippen LogP contribution in [0.3, 0.4) is 0 Å². The number of rotatable bonds is 4. The first kappa shape index (κ1) is 14.5. The first-order valence-corrected chi connectivity index (χ1v) is 7.52. The molecule has 1 fully saturated rings. The molecule has 0 spiro atoms. The molecule has 3 N–H and O–H groups in total. The van der Waals surface area contributed by atoms with E-state index in [2.05, 4.69) is 50.5 Å². The van der Waals surface area contributed by atoms with Crippen molar-refractivity contribution >= 4 is 0 Å². The summed E-state index contributed by atoms with van der Waals surface area (Å²) in [5, 5.41) is 0. The van der Waals surface area contributed by atoms with Gasteiger partial charge in [-0.25, -0.2) is 0 Å². The van der Waals surface area contributed by atoms with Gasteiger partial charge in [0.1, 0.15) is 0 Å². The van der Waals surface area contributed by atoms with Gasteiger partial charge in [-0.3, -0.25) is 11.3 Å². The number of benzene rings is 1. The van der Waals surface area contributed by atoms with Crippen LogP contribution in [0.25, 0.3) is 0 Å². The van der Waals surface area contributed by atoms with Crippen LogP contribution in [0.15, 0.2) is 24.3 Å². The van der Waals surface area contributed by atoms with Crippen LogP contribution in [0, 0.1) is 18.3 Å². The number of hydrogen-bond acceptors (Lipinski definition) is 2. The molecule has 2 nitrogen and oxygen atoms in total. The molecule has 1 unspecified atom stereocenters. The Hall–Kier alpha value is -0.860. The fraction of sp³-hybridized carbons (Fsp3) is 0.647. The first-order valence-electron chi connectivity index (χ1n) is 7.52. The molecule has 1 aromatic rings. The molecular formula is C17H28N2. The molecule has 106 valence electrons. The van der Waals surface area contributed by atoms with E-state index in [9.17, 15) is 0 Å². The van der Waals surface area contributed by atoms with E-state index >= 15 is 0 Å². The van der Waals surface area contributed by atoms with Gasteiger partial charge >= 0.3 is 0 Å². The summed E-state index contributed by atoms with van der Waals surface area (Å²) in [5.41, 5.74) is 6.30. The van der Waals surface area contributed by atoms with Crippen molar-refractivity contribution in [3.8, 4) is 0 Å². The molecule has 1 atom stereocenters. The van der Waals surface area contributed by atoms with Crippen LogP contribution in [-0.2, 0) is 6.42 Å². The van der Waals surface area contributed by atoms with E-state index in [1.807, 2.05) is 0 Å². The van der Waals surface area contributed by atoms with Gasteiger partial charge in [-0.1, -0.05) is 43.7 Å². The molecule has 0 amide bonds. The number of nitrogens with one attached hydrogen (secondary N) is 1. The third-order valence-electron chi connectivity index (χ3n) is 4.74. The molecule has 1 aliphatic rings. The van der Waals surface area contributed by atoms with Gasteiger partial charge in [-0.15, -0.1) is 0 Å². The maximum absolute atomic E-state index is 5.80. The van der Waals surface area contributed by atoms with E-state index in [-0.39, 0.29) is 0 Å². The highest BCUT2D eigenvalue weighted by atomic mass is 15.2. The fourth-order valence-corrected chi connectivity index (χ4v) is 3.16. The molecule has 0 aliphatic heterocycles. The minimum absolute atomic E-state index is 0.416. The molecule has 1 saturated carbocycles. The second-order valence-electron chi connectivity index (χ2n) is 6.96. The lowest BCUT2D eigenvalue weighted by molar-refractivity contribution is 0.161. The third-order valence-corrected chi connectivity index (χ3v) is 4.74. The summed E-state index contributed by atoms with van der Waals surface area (Å²) < 4.78 is 0. The van der Waals surface area contributed by atoms with Crippen molar-refractivity contribution in [2.24, 2.45) is 17.2 Å². The van der Waals surface area contributed by atoms with Gasteiger partial charge in [0, 0.05) is 6.04 Å². The Morgan fingerprint density at radius 1 is 1.21 bits per heavy atom. The SMILES string of the molecule is Cc1ccc(CC(NN)C2CCC(C)(C)CC2)cc1. The van der Waals surface area contributed by atoms with Gasteiger partial charge < -0.3 is 0 Å². The van der Waals surface area contributed by atoms with Gasteiger partial charge in [0.2, 0.25) is 0 Å². The van der Waals surface area contributed by atoms with Crippen LogP contribution < -0.4 is 11.3 Å². The van der Waals surface area contributed by atoms with E-state index < -0.39 is 0 Å². The summed E-state index contributed by atoms with van der Waals surface area (Å²) in [6.07, 6.45) is 6.29. The van der Waals surface area contributed by atoms with Gasteiger partial charge in [-0.2, -0.15) is 0 Å². The highest BCUT2D eigenvalue weighted by molar-refractivity contribution is 5.22. The van der Waals surface area contributed by atoms with E-state index in [4.69, 9.17) is 5.84 Å². The van der Waals surface area contributed by atoms with Crippen LogP contribution in [0.5, 0.6) is 0 Å². The lowest BCUT2D eigenvalue weighted by Crippen LogP contribution is -2.44. The molecule has 0 radical (unpaired) electrons. The van der Waals surface area contributed by atoms with Crippen LogP contribution >= 0.6 is 0 Å². The Morgan fingerprint density at radius 2 is 1.79 bits per heavy atom. The monoisotopic (exact) mass is 260 g/mol. The van der Waals surface area contributed by atoms with Crippen molar-refractivity contribution in [2.75, 3.05) is 0 Å². The fourth-order valence-electron chi connectivity index (χ4n) is 3.16. The van der Waals surface area contributed by atoms with Crippen LogP contribution in [0.4, 0.5) is 0 Å². The summed E-state index contributed by atoms with van der Waals surface area (Å²) in [6, 6.07) is 9.25. The Bertz CT molecular complexity index is 384.